The van der Waals surface area contributed by atoms with Gasteiger partial charge in [-0.15, -0.1) is 0 Å². The lowest BCUT2D eigenvalue weighted by Gasteiger charge is -2.29. The maximum Gasteiger partial charge on any atom is 0.421 e. The lowest BCUT2D eigenvalue weighted by Crippen LogP contribution is -2.56. The molecule has 3 N–H and O–H groups in total. The van der Waals surface area contributed by atoms with E-state index in [2.05, 4.69) is 0 Å². The van der Waals surface area contributed by atoms with Crippen LogP contribution in [0.2, 0.25) is 0 Å². The fourth-order valence-electron chi connectivity index (χ4n) is 1.54. The maximum atomic E-state index is 13.0. The number of aliphatic carboxylic acids is 1. The lowest BCUT2D eigenvalue weighted by atomic mass is 9.89. The van der Waals surface area contributed by atoms with Crippen molar-refractivity contribution in [2.45, 2.75) is 11.7 Å². The normalized spacial score (nSPS) is 14.7. The molecule has 112 valence electrons. The van der Waals surface area contributed by atoms with Gasteiger partial charge in [-0.05, 0) is 6.07 Å². The third-order valence-electron chi connectivity index (χ3n) is 2.64. The molecule has 0 radical (unpaired) electrons. The Morgan fingerprint density at radius 3 is 2.40 bits per heavy atom. The molecule has 0 heterocycles. The van der Waals surface area contributed by atoms with Gasteiger partial charge in [0.05, 0.1) is 6.61 Å². The molecule has 1 rings (SSSR count). The quantitative estimate of drug-likeness (QED) is 0.777. The van der Waals surface area contributed by atoms with Gasteiger partial charge >= 0.3 is 12.1 Å². The van der Waals surface area contributed by atoms with E-state index in [9.17, 15) is 18.0 Å². The molecule has 1 atom stereocenters. The highest BCUT2D eigenvalue weighted by Crippen LogP contribution is 2.41. The average Bonchev–Trinajstić information content (AvgIpc) is 2.37. The molecule has 20 heavy (non-hydrogen) atoms. The Balaban J connectivity index is 3.25. The number of alkyl halides is 3. The van der Waals surface area contributed by atoms with Crippen molar-refractivity contribution in [1.29, 1.82) is 0 Å². The van der Waals surface area contributed by atoms with Crippen molar-refractivity contribution in [2.24, 2.45) is 5.73 Å². The molecule has 1 aromatic rings. The van der Waals surface area contributed by atoms with Gasteiger partial charge in [-0.1, -0.05) is 18.2 Å². The summed E-state index contributed by atoms with van der Waals surface area (Å²) in [7, 11) is 1.40. The molecule has 0 saturated carbocycles. The van der Waals surface area contributed by atoms with E-state index in [1.54, 1.807) is 0 Å². The second-order valence-electron chi connectivity index (χ2n) is 3.95. The summed E-state index contributed by atoms with van der Waals surface area (Å²) in [6.45, 7) is 0.117. The molecule has 0 aliphatic rings. The van der Waals surface area contributed by atoms with E-state index < -0.39 is 23.2 Å². The minimum Gasteiger partial charge on any atom is -0.491 e. The van der Waals surface area contributed by atoms with Crippen LogP contribution >= 0.6 is 0 Å². The number of carboxylic acids is 1. The number of para-hydroxylation sites is 1. The molecule has 0 aromatic heterocycles. The smallest absolute Gasteiger partial charge is 0.421 e. The third-order valence-corrected chi connectivity index (χ3v) is 2.64. The number of nitrogens with two attached hydrogens (primary N) is 1. The molecule has 0 aliphatic carbocycles. The standard InChI is InChI=1S/C12H14F3NO4/c1-19-6-7-20-9-5-3-2-4-8(9)11(16,10(17)18)12(13,14)15/h2-5H,6-7,16H2,1H3,(H,17,18). The molecule has 5 nitrogen and oxygen atoms in total. The first-order valence-electron chi connectivity index (χ1n) is 5.55. The highest BCUT2D eigenvalue weighted by Gasteiger charge is 2.60. The molecule has 8 heteroatoms. The fourth-order valence-corrected chi connectivity index (χ4v) is 1.54. The molecule has 0 spiro atoms. The first-order chi connectivity index (χ1) is 9.25. The predicted molar refractivity (Wildman–Crippen MR) is 63.4 cm³/mol. The molecular weight excluding hydrogens is 279 g/mol. The molecule has 0 amide bonds. The van der Waals surface area contributed by atoms with Crippen LogP contribution in [0.15, 0.2) is 24.3 Å². The van der Waals surface area contributed by atoms with Crippen molar-refractivity contribution in [1.82, 2.24) is 0 Å². The van der Waals surface area contributed by atoms with E-state index in [4.69, 9.17) is 20.3 Å². The molecule has 0 fully saturated rings. The van der Waals surface area contributed by atoms with E-state index in [1.165, 1.54) is 25.3 Å². The van der Waals surface area contributed by atoms with Gasteiger partial charge in [-0.3, -0.25) is 0 Å². The Hall–Kier alpha value is -1.80. The van der Waals surface area contributed by atoms with Crippen LogP contribution in [0.1, 0.15) is 5.56 Å². The van der Waals surface area contributed by atoms with Crippen molar-refractivity contribution in [3.8, 4) is 5.75 Å². The Labute approximate surface area is 113 Å². The molecule has 1 unspecified atom stereocenters. The van der Waals surface area contributed by atoms with Crippen molar-refractivity contribution < 1.29 is 32.5 Å². The number of ether oxygens (including phenoxy) is 2. The van der Waals surface area contributed by atoms with Gasteiger partial charge < -0.3 is 20.3 Å². The number of hydrogen-bond donors (Lipinski definition) is 2. The number of methoxy groups -OCH3 is 1. The summed E-state index contributed by atoms with van der Waals surface area (Å²) in [6, 6.07) is 4.88. The zero-order valence-corrected chi connectivity index (χ0v) is 10.6. The summed E-state index contributed by atoms with van der Waals surface area (Å²) < 4.78 is 48.9. The van der Waals surface area contributed by atoms with Gasteiger partial charge in [0.15, 0.2) is 0 Å². The zero-order valence-electron chi connectivity index (χ0n) is 10.6. The van der Waals surface area contributed by atoms with Gasteiger partial charge in [0.1, 0.15) is 12.4 Å². The zero-order chi connectivity index (χ0) is 15.4. The molecule has 1 aromatic carbocycles. The Kier molecular flexibility index (Phi) is 4.96. The van der Waals surface area contributed by atoms with Crippen LogP contribution in [-0.4, -0.2) is 37.6 Å². The Morgan fingerprint density at radius 2 is 1.90 bits per heavy atom. The number of benzene rings is 1. The number of carboxylic acid groups (broad SMARTS) is 1. The highest BCUT2D eigenvalue weighted by molar-refractivity contribution is 5.82. The summed E-state index contributed by atoms with van der Waals surface area (Å²) >= 11 is 0. The summed E-state index contributed by atoms with van der Waals surface area (Å²) in [5.74, 6) is -2.44. The highest BCUT2D eigenvalue weighted by atomic mass is 19.4. The monoisotopic (exact) mass is 293 g/mol. The van der Waals surface area contributed by atoms with Crippen LogP contribution in [0.4, 0.5) is 13.2 Å². The third kappa shape index (κ3) is 3.02. The van der Waals surface area contributed by atoms with Crippen molar-refractivity contribution >= 4 is 5.97 Å². The molecule has 0 saturated heterocycles. The van der Waals surface area contributed by atoms with Crippen molar-refractivity contribution in [3.63, 3.8) is 0 Å². The van der Waals surface area contributed by atoms with E-state index in [-0.39, 0.29) is 19.0 Å². The van der Waals surface area contributed by atoms with Crippen molar-refractivity contribution in [2.75, 3.05) is 20.3 Å². The lowest BCUT2D eigenvalue weighted by molar-refractivity contribution is -0.205. The van der Waals surface area contributed by atoms with Crippen molar-refractivity contribution in [3.05, 3.63) is 29.8 Å². The number of rotatable bonds is 6. The number of halogens is 3. The van der Waals surface area contributed by atoms with Gasteiger partial charge in [0.2, 0.25) is 5.54 Å². The van der Waals surface area contributed by atoms with Crippen LogP contribution in [0, 0.1) is 0 Å². The summed E-state index contributed by atoms with van der Waals surface area (Å²) in [5, 5.41) is 8.89. The van der Waals surface area contributed by atoms with E-state index >= 15 is 0 Å². The van der Waals surface area contributed by atoms with Gasteiger partial charge in [-0.2, -0.15) is 13.2 Å². The second kappa shape index (κ2) is 6.10. The average molecular weight is 293 g/mol. The van der Waals surface area contributed by atoms with Crippen LogP contribution in [-0.2, 0) is 15.1 Å². The van der Waals surface area contributed by atoms with E-state index in [1.807, 2.05) is 0 Å². The topological polar surface area (TPSA) is 81.8 Å². The summed E-state index contributed by atoms with van der Waals surface area (Å²) in [5.41, 5.74) is 0.921. The van der Waals surface area contributed by atoms with Crippen LogP contribution < -0.4 is 10.5 Å². The largest absolute Gasteiger partial charge is 0.491 e. The summed E-state index contributed by atoms with van der Waals surface area (Å²) in [4.78, 5) is 11.0. The predicted octanol–water partition coefficient (Wildman–Crippen LogP) is 1.51. The second-order valence-corrected chi connectivity index (χ2v) is 3.95. The molecular formula is C12H14F3NO4. The Morgan fingerprint density at radius 1 is 1.30 bits per heavy atom. The van der Waals surface area contributed by atoms with Crippen LogP contribution in [0.25, 0.3) is 0 Å². The first-order valence-corrected chi connectivity index (χ1v) is 5.55. The maximum absolute atomic E-state index is 13.0. The molecule has 0 aliphatic heterocycles. The van der Waals surface area contributed by atoms with Gasteiger partial charge in [0.25, 0.3) is 0 Å². The first kappa shape index (κ1) is 16.3. The minimum atomic E-state index is -5.17. The number of hydrogen-bond acceptors (Lipinski definition) is 4. The van der Waals surface area contributed by atoms with Gasteiger partial charge in [-0.25, -0.2) is 4.79 Å². The van der Waals surface area contributed by atoms with E-state index in [0.717, 1.165) is 6.07 Å². The van der Waals surface area contributed by atoms with Gasteiger partial charge in [0, 0.05) is 12.7 Å². The molecule has 0 bridgehead atoms. The SMILES string of the molecule is COCCOc1ccccc1C(N)(C(=O)O)C(F)(F)F. The minimum absolute atomic E-state index is 0.0267. The van der Waals surface area contributed by atoms with E-state index in [0.29, 0.717) is 0 Å². The van der Waals surface area contributed by atoms with Crippen LogP contribution in [0.5, 0.6) is 5.75 Å². The number of carbonyl (C=O) groups is 1. The fraction of sp³-hybridized carbons (Fsp3) is 0.417. The Bertz CT molecular complexity index is 478. The summed E-state index contributed by atoms with van der Waals surface area (Å²) in [6.07, 6.45) is -5.17. The van der Waals surface area contributed by atoms with Crippen LogP contribution in [0.3, 0.4) is 0 Å².